The Morgan fingerprint density at radius 1 is 1.62 bits per heavy atom. The highest BCUT2D eigenvalue weighted by Gasteiger charge is 2.30. The number of carbonyl (C=O) groups excluding carboxylic acids is 2. The van der Waals surface area contributed by atoms with E-state index in [1.165, 1.54) is 6.08 Å². The van der Waals surface area contributed by atoms with Crippen molar-refractivity contribution in [2.45, 2.75) is 18.9 Å². The molecule has 0 radical (unpaired) electrons. The van der Waals surface area contributed by atoms with Crippen molar-refractivity contribution in [2.24, 2.45) is 0 Å². The van der Waals surface area contributed by atoms with E-state index in [1.807, 2.05) is 0 Å². The van der Waals surface area contributed by atoms with Crippen molar-refractivity contribution < 1.29 is 19.5 Å². The monoisotopic (exact) mass is 226 g/mol. The van der Waals surface area contributed by atoms with Gasteiger partial charge in [-0.1, -0.05) is 6.08 Å². The van der Waals surface area contributed by atoms with Gasteiger partial charge in [0.25, 0.3) is 0 Å². The van der Waals surface area contributed by atoms with Crippen LogP contribution in [0.25, 0.3) is 0 Å². The van der Waals surface area contributed by atoms with Gasteiger partial charge in [0, 0.05) is 13.0 Å². The predicted octanol–water partition coefficient (Wildman–Crippen LogP) is -0.636. The number of carboxylic acids is 1. The summed E-state index contributed by atoms with van der Waals surface area (Å²) >= 11 is 0. The first-order chi connectivity index (χ1) is 7.54. The molecule has 0 spiro atoms. The van der Waals surface area contributed by atoms with E-state index in [-0.39, 0.29) is 24.9 Å². The van der Waals surface area contributed by atoms with E-state index in [2.05, 4.69) is 11.9 Å². The molecule has 88 valence electrons. The molecule has 1 aliphatic rings. The number of nitrogens with zero attached hydrogens (tertiary/aromatic N) is 1. The van der Waals surface area contributed by atoms with Crippen LogP contribution in [0.4, 0.5) is 0 Å². The average Bonchev–Trinajstić information content (AvgIpc) is 2.62. The van der Waals surface area contributed by atoms with Crippen molar-refractivity contribution in [2.75, 3.05) is 13.1 Å². The van der Waals surface area contributed by atoms with Crippen molar-refractivity contribution >= 4 is 17.8 Å². The predicted molar refractivity (Wildman–Crippen MR) is 55.6 cm³/mol. The first-order valence-electron chi connectivity index (χ1n) is 4.95. The zero-order chi connectivity index (χ0) is 12.1. The minimum absolute atomic E-state index is 0.164. The minimum Gasteiger partial charge on any atom is -0.480 e. The lowest BCUT2D eigenvalue weighted by atomic mass is 10.2. The zero-order valence-electron chi connectivity index (χ0n) is 8.81. The fourth-order valence-electron chi connectivity index (χ4n) is 1.57. The van der Waals surface area contributed by atoms with Gasteiger partial charge in [-0.15, -0.1) is 6.58 Å². The summed E-state index contributed by atoms with van der Waals surface area (Å²) in [5, 5.41) is 11.1. The molecule has 1 heterocycles. The number of carboxylic acid groups (broad SMARTS) is 1. The quantitative estimate of drug-likeness (QED) is 0.611. The molecule has 1 unspecified atom stereocenters. The van der Waals surface area contributed by atoms with Gasteiger partial charge in [0.2, 0.25) is 11.8 Å². The summed E-state index contributed by atoms with van der Waals surface area (Å²) in [6.45, 7) is 3.24. The van der Waals surface area contributed by atoms with Crippen LogP contribution in [-0.4, -0.2) is 46.9 Å². The van der Waals surface area contributed by atoms with E-state index in [4.69, 9.17) is 5.11 Å². The molecule has 2 amide bonds. The van der Waals surface area contributed by atoms with Crippen LogP contribution in [0.2, 0.25) is 0 Å². The van der Waals surface area contributed by atoms with E-state index < -0.39 is 12.0 Å². The summed E-state index contributed by atoms with van der Waals surface area (Å²) in [5.74, 6) is -1.63. The molecule has 0 saturated carbocycles. The average molecular weight is 226 g/mol. The van der Waals surface area contributed by atoms with Crippen LogP contribution < -0.4 is 5.32 Å². The minimum atomic E-state index is -1.08. The third-order valence-corrected chi connectivity index (χ3v) is 2.28. The van der Waals surface area contributed by atoms with Gasteiger partial charge < -0.3 is 15.3 Å². The van der Waals surface area contributed by atoms with Crippen LogP contribution in [0.5, 0.6) is 0 Å². The number of hydrogen-bond acceptors (Lipinski definition) is 3. The highest BCUT2D eigenvalue weighted by atomic mass is 16.4. The number of nitrogens with one attached hydrogen (secondary N) is 1. The second kappa shape index (κ2) is 5.29. The lowest BCUT2D eigenvalue weighted by Crippen LogP contribution is -2.46. The van der Waals surface area contributed by atoms with Gasteiger partial charge in [0.15, 0.2) is 0 Å². The highest BCUT2D eigenvalue weighted by molar-refractivity contribution is 5.92. The van der Waals surface area contributed by atoms with Crippen molar-refractivity contribution in [1.29, 1.82) is 0 Å². The molecule has 16 heavy (non-hydrogen) atoms. The Bertz CT molecular complexity index is 327. The van der Waals surface area contributed by atoms with E-state index in [1.54, 1.807) is 0 Å². The number of carbonyl (C=O) groups is 3. The van der Waals surface area contributed by atoms with Crippen LogP contribution in [0.3, 0.4) is 0 Å². The molecular weight excluding hydrogens is 212 g/mol. The van der Waals surface area contributed by atoms with Crippen molar-refractivity contribution in [3.8, 4) is 0 Å². The van der Waals surface area contributed by atoms with Gasteiger partial charge in [-0.3, -0.25) is 14.4 Å². The van der Waals surface area contributed by atoms with Gasteiger partial charge in [0.05, 0.1) is 0 Å². The number of aliphatic carboxylic acids is 1. The third-order valence-electron chi connectivity index (χ3n) is 2.28. The maximum absolute atomic E-state index is 11.8. The lowest BCUT2D eigenvalue weighted by molar-refractivity contribution is -0.144. The van der Waals surface area contributed by atoms with Gasteiger partial charge in [-0.25, -0.2) is 0 Å². The third kappa shape index (κ3) is 3.08. The summed E-state index contributed by atoms with van der Waals surface area (Å²) in [5.41, 5.74) is 0. The molecule has 6 nitrogen and oxygen atoms in total. The van der Waals surface area contributed by atoms with Gasteiger partial charge in [0.1, 0.15) is 12.6 Å². The smallest absolute Gasteiger partial charge is 0.323 e. The molecular formula is C10H14N2O4. The van der Waals surface area contributed by atoms with E-state index in [0.29, 0.717) is 12.8 Å². The molecule has 6 heteroatoms. The fraction of sp³-hybridized carbons (Fsp3) is 0.500. The van der Waals surface area contributed by atoms with Crippen LogP contribution in [0.1, 0.15) is 12.8 Å². The maximum Gasteiger partial charge on any atom is 0.323 e. The molecule has 1 saturated heterocycles. The molecule has 1 rings (SSSR count). The molecule has 1 fully saturated rings. The van der Waals surface area contributed by atoms with E-state index in [9.17, 15) is 14.4 Å². The van der Waals surface area contributed by atoms with Gasteiger partial charge in [-0.2, -0.15) is 0 Å². The Balaban J connectivity index is 2.62. The SMILES string of the molecule is C=CCN(CC(=O)O)C(=O)C1CCC(=O)N1. The number of amides is 2. The Kier molecular flexibility index (Phi) is 4.04. The van der Waals surface area contributed by atoms with Gasteiger partial charge >= 0.3 is 5.97 Å². The summed E-state index contributed by atoms with van der Waals surface area (Å²) in [6.07, 6.45) is 2.19. The van der Waals surface area contributed by atoms with E-state index in [0.717, 1.165) is 4.90 Å². The van der Waals surface area contributed by atoms with Crippen molar-refractivity contribution in [3.63, 3.8) is 0 Å². The molecule has 1 aliphatic heterocycles. The Labute approximate surface area is 92.9 Å². The molecule has 0 aromatic heterocycles. The molecule has 0 aliphatic carbocycles. The van der Waals surface area contributed by atoms with Crippen molar-refractivity contribution in [1.82, 2.24) is 10.2 Å². The molecule has 1 atom stereocenters. The van der Waals surface area contributed by atoms with Crippen LogP contribution in [0, 0.1) is 0 Å². The zero-order valence-corrected chi connectivity index (χ0v) is 8.81. The molecule has 0 aromatic rings. The Morgan fingerprint density at radius 2 is 2.31 bits per heavy atom. The topological polar surface area (TPSA) is 86.7 Å². The number of hydrogen-bond donors (Lipinski definition) is 2. The largest absolute Gasteiger partial charge is 0.480 e. The molecule has 0 aromatic carbocycles. The van der Waals surface area contributed by atoms with Crippen molar-refractivity contribution in [3.05, 3.63) is 12.7 Å². The maximum atomic E-state index is 11.8. The molecule has 2 N–H and O–H groups in total. The standard InChI is InChI=1S/C10H14N2O4/c1-2-5-12(6-9(14)15)10(16)7-3-4-8(13)11-7/h2,7H,1,3-6H2,(H,11,13)(H,14,15). The summed E-state index contributed by atoms with van der Waals surface area (Å²) < 4.78 is 0. The van der Waals surface area contributed by atoms with Crippen LogP contribution in [-0.2, 0) is 14.4 Å². The second-order valence-electron chi connectivity index (χ2n) is 3.56. The summed E-state index contributed by atoms with van der Waals surface area (Å²) in [6, 6.07) is -0.591. The first kappa shape index (κ1) is 12.2. The fourth-order valence-corrected chi connectivity index (χ4v) is 1.57. The van der Waals surface area contributed by atoms with Crippen LogP contribution in [0.15, 0.2) is 12.7 Å². The van der Waals surface area contributed by atoms with Crippen LogP contribution >= 0.6 is 0 Å². The summed E-state index contributed by atoms with van der Waals surface area (Å²) in [4.78, 5) is 34.5. The second-order valence-corrected chi connectivity index (χ2v) is 3.56. The first-order valence-corrected chi connectivity index (χ1v) is 4.95. The van der Waals surface area contributed by atoms with E-state index >= 15 is 0 Å². The Hall–Kier alpha value is -1.85. The Morgan fingerprint density at radius 3 is 2.75 bits per heavy atom. The lowest BCUT2D eigenvalue weighted by Gasteiger charge is -2.22. The number of rotatable bonds is 5. The summed E-state index contributed by atoms with van der Waals surface area (Å²) in [7, 11) is 0. The highest BCUT2D eigenvalue weighted by Crippen LogP contribution is 2.09. The normalized spacial score (nSPS) is 19.0. The molecule has 0 bridgehead atoms. The van der Waals surface area contributed by atoms with Gasteiger partial charge in [-0.05, 0) is 6.42 Å².